The van der Waals surface area contributed by atoms with E-state index in [0.29, 0.717) is 0 Å². The summed E-state index contributed by atoms with van der Waals surface area (Å²) in [6.07, 6.45) is 14.3. The molecule has 0 spiro atoms. The maximum absolute atomic E-state index is 7.13. The first-order valence-electron chi connectivity index (χ1n) is 19.8. The van der Waals surface area contributed by atoms with Gasteiger partial charge in [0.25, 0.3) is 0 Å². The molecular weight excluding hydrogens is 962 g/mol. The molecule has 10 aromatic rings. The number of benzene rings is 10. The van der Waals surface area contributed by atoms with Crippen molar-refractivity contribution in [3.63, 3.8) is 0 Å². The zero-order valence-corrected chi connectivity index (χ0v) is 38.2. The van der Waals surface area contributed by atoms with E-state index >= 15 is 0 Å². The Morgan fingerprint density at radius 2 is 0.525 bits per heavy atom. The van der Waals surface area contributed by atoms with Crippen molar-refractivity contribution >= 4 is 80.2 Å². The Balaban J connectivity index is 0.000000159. The summed E-state index contributed by atoms with van der Waals surface area (Å²) in [7, 11) is -1.69. The minimum atomic E-state index is -0.847. The molecule has 0 aliphatic carbocycles. The third-order valence-corrected chi connectivity index (χ3v) is 17.5. The van der Waals surface area contributed by atoms with E-state index in [4.69, 9.17) is 12.8 Å². The standard InChI is InChI=1S/C25H22P2.2C16H9.2Ag/c1-5-13-22(14-6-1)26(23-15-7-2-8-16-23)21-27(24-17-9-3-10-18-24)25-19-11-4-12-20-25;2*1-2-12-7-8-15-10-13-5-3-4-6-14(13)11-16(15)9-12;;/h1-20H,21H2;2*3-11H;;/q;2*-1;2*+1/p+2. The first-order valence-corrected chi connectivity index (χ1v) is 23.2. The van der Waals surface area contributed by atoms with Crippen LogP contribution >= 0.6 is 15.8 Å². The van der Waals surface area contributed by atoms with Crippen molar-refractivity contribution in [2.24, 2.45) is 0 Å². The molecule has 0 unspecified atom stereocenters. The molecule has 0 N–H and O–H groups in total. The van der Waals surface area contributed by atoms with E-state index in [1.54, 1.807) is 0 Å². The van der Waals surface area contributed by atoms with Gasteiger partial charge in [-0.1, -0.05) is 133 Å². The molecular formula is C57H42Ag2P2+2. The van der Waals surface area contributed by atoms with Gasteiger partial charge in [0.15, 0.2) is 5.90 Å². The fourth-order valence-electron chi connectivity index (χ4n) is 7.51. The van der Waals surface area contributed by atoms with E-state index in [2.05, 4.69) is 182 Å². The summed E-state index contributed by atoms with van der Waals surface area (Å²) >= 11 is 0. The summed E-state index contributed by atoms with van der Waals surface area (Å²) in [6, 6.07) is 81.7. The summed E-state index contributed by atoms with van der Waals surface area (Å²) in [4.78, 5) is 0. The maximum atomic E-state index is 7.13. The van der Waals surface area contributed by atoms with E-state index in [9.17, 15) is 0 Å². The monoisotopic (exact) mass is 1000 g/mol. The van der Waals surface area contributed by atoms with Gasteiger partial charge in [0.1, 0.15) is 37.1 Å². The van der Waals surface area contributed by atoms with Crippen LogP contribution in [0, 0.1) is 24.7 Å². The normalized spacial score (nSPS) is 10.4. The zero-order chi connectivity index (χ0) is 40.2. The molecule has 0 aromatic heterocycles. The van der Waals surface area contributed by atoms with Gasteiger partial charge in [0, 0.05) is 0 Å². The molecule has 10 aromatic carbocycles. The maximum Gasteiger partial charge on any atom is 1.00 e. The van der Waals surface area contributed by atoms with Gasteiger partial charge < -0.3 is 12.8 Å². The van der Waals surface area contributed by atoms with Gasteiger partial charge in [-0.2, -0.15) is 0 Å². The Morgan fingerprint density at radius 3 is 0.803 bits per heavy atom. The van der Waals surface area contributed by atoms with Gasteiger partial charge in [0.2, 0.25) is 0 Å². The van der Waals surface area contributed by atoms with Crippen molar-refractivity contribution in [3.05, 3.63) is 254 Å². The van der Waals surface area contributed by atoms with Crippen molar-refractivity contribution in [2.45, 2.75) is 0 Å². The van der Waals surface area contributed by atoms with Gasteiger partial charge in [-0.15, -0.1) is 35.4 Å². The topological polar surface area (TPSA) is 0 Å². The van der Waals surface area contributed by atoms with Crippen molar-refractivity contribution in [1.29, 1.82) is 0 Å². The SMILES string of the molecule is [Ag+].[Ag+].[C-]#Cc1ccc2cc3ccccc3cc2c1.[C-]#Cc1ccc2cc3ccccc3cc2c1.c1ccc([PH+](C[PH+](c2ccccc2)c2ccccc2)c2ccccc2)cc1. The van der Waals surface area contributed by atoms with Crippen LogP contribution in [0.25, 0.3) is 43.1 Å². The summed E-state index contributed by atoms with van der Waals surface area (Å²) < 4.78 is 0. The first-order chi connectivity index (χ1) is 29.1. The van der Waals surface area contributed by atoms with Crippen LogP contribution in [0.15, 0.2) is 231 Å². The molecule has 0 fully saturated rings. The fraction of sp³-hybridized carbons (Fsp3) is 0.0175. The first kappa shape index (κ1) is 45.2. The number of hydrogen-bond donors (Lipinski definition) is 0. The summed E-state index contributed by atoms with van der Waals surface area (Å²) in [5, 5.41) is 15.7. The van der Waals surface area contributed by atoms with Crippen LogP contribution in [0.2, 0.25) is 0 Å². The van der Waals surface area contributed by atoms with Gasteiger partial charge >= 0.3 is 44.8 Å². The molecule has 0 nitrogen and oxygen atoms in total. The Labute approximate surface area is 394 Å². The molecule has 0 amide bonds. The van der Waals surface area contributed by atoms with Crippen LogP contribution in [0.5, 0.6) is 0 Å². The van der Waals surface area contributed by atoms with Crippen LogP contribution in [-0.2, 0) is 44.8 Å². The summed E-state index contributed by atoms with van der Waals surface area (Å²) in [5.41, 5.74) is 1.64. The van der Waals surface area contributed by atoms with Crippen molar-refractivity contribution < 1.29 is 44.8 Å². The fourth-order valence-corrected chi connectivity index (χ4v) is 15.2. The third kappa shape index (κ3) is 11.5. The van der Waals surface area contributed by atoms with Gasteiger partial charge in [0.05, 0.1) is 0 Å². The van der Waals surface area contributed by atoms with Crippen molar-refractivity contribution in [3.8, 4) is 11.8 Å². The van der Waals surface area contributed by atoms with Crippen LogP contribution < -0.4 is 21.2 Å². The van der Waals surface area contributed by atoms with E-state index in [1.807, 2.05) is 60.7 Å². The molecule has 4 heteroatoms. The molecule has 300 valence electrons. The summed E-state index contributed by atoms with van der Waals surface area (Å²) in [6.45, 7) is 0. The second-order valence-electron chi connectivity index (χ2n) is 14.4. The molecule has 0 aliphatic heterocycles. The molecule has 0 heterocycles. The van der Waals surface area contributed by atoms with Crippen LogP contribution in [0.3, 0.4) is 0 Å². The van der Waals surface area contributed by atoms with Gasteiger partial charge in [-0.05, 0) is 116 Å². The smallest absolute Gasteiger partial charge is 0.366 e. The second-order valence-corrected chi connectivity index (χ2v) is 20.0. The van der Waals surface area contributed by atoms with Crippen molar-refractivity contribution in [2.75, 3.05) is 5.90 Å². The zero-order valence-electron chi connectivity index (χ0n) is 33.2. The largest absolute Gasteiger partial charge is 1.00 e. The van der Waals surface area contributed by atoms with E-state index in [0.717, 1.165) is 21.9 Å². The predicted molar refractivity (Wildman–Crippen MR) is 261 cm³/mol. The minimum Gasteiger partial charge on any atom is -0.366 e. The van der Waals surface area contributed by atoms with Crippen LogP contribution in [0.4, 0.5) is 0 Å². The van der Waals surface area contributed by atoms with Crippen LogP contribution in [0.1, 0.15) is 11.1 Å². The molecule has 0 saturated heterocycles. The van der Waals surface area contributed by atoms with E-state index < -0.39 is 15.8 Å². The van der Waals surface area contributed by atoms with Crippen molar-refractivity contribution in [1.82, 2.24) is 0 Å². The molecule has 0 aliphatic rings. The number of hydrogen-bond acceptors (Lipinski definition) is 0. The molecule has 10 rings (SSSR count). The van der Waals surface area contributed by atoms with E-state index in [-0.39, 0.29) is 44.8 Å². The number of fused-ring (bicyclic) bond motifs is 4. The minimum absolute atomic E-state index is 0. The average Bonchev–Trinajstić information content (AvgIpc) is 3.31. The predicted octanol–water partition coefficient (Wildman–Crippen LogP) is 12.5. The average molecular weight is 1000 g/mol. The molecule has 0 radical (unpaired) electrons. The Morgan fingerprint density at radius 1 is 0.279 bits per heavy atom. The quantitative estimate of drug-likeness (QED) is 0.0512. The van der Waals surface area contributed by atoms with Crippen LogP contribution in [-0.4, -0.2) is 5.90 Å². The van der Waals surface area contributed by atoms with Gasteiger partial charge in [-0.25, -0.2) is 0 Å². The third-order valence-electron chi connectivity index (χ3n) is 10.5. The van der Waals surface area contributed by atoms with Gasteiger partial charge in [-0.3, -0.25) is 11.8 Å². The molecule has 0 bridgehead atoms. The summed E-state index contributed by atoms with van der Waals surface area (Å²) in [5.74, 6) is 6.08. The Kier molecular flexibility index (Phi) is 16.7. The molecule has 61 heavy (non-hydrogen) atoms. The Bertz CT molecular complexity index is 2760. The number of rotatable bonds is 6. The van der Waals surface area contributed by atoms with E-state index in [1.165, 1.54) is 59.4 Å². The molecule has 0 atom stereocenters. The second kappa shape index (κ2) is 22.5. The molecule has 0 saturated carbocycles. The Hall–Kier alpha value is -5.30.